The number of benzene rings is 2. The maximum absolute atomic E-state index is 13.5. The maximum Gasteiger partial charge on any atom is 0.333 e. The normalized spacial score (nSPS) is 13.6. The van der Waals surface area contributed by atoms with Crippen molar-refractivity contribution in [1.29, 1.82) is 0 Å². The summed E-state index contributed by atoms with van der Waals surface area (Å²) in [5.74, 6) is 1.40. The van der Waals surface area contributed by atoms with Gasteiger partial charge in [-0.25, -0.2) is 9.36 Å². The first-order valence-electron chi connectivity index (χ1n) is 10.3. The van der Waals surface area contributed by atoms with Crippen molar-refractivity contribution in [3.8, 4) is 11.4 Å². The third kappa shape index (κ3) is 3.61. The van der Waals surface area contributed by atoms with Crippen molar-refractivity contribution < 1.29 is 4.79 Å². The lowest BCUT2D eigenvalue weighted by atomic mass is 10.1. The summed E-state index contributed by atoms with van der Waals surface area (Å²) in [4.78, 5) is 26.7. The van der Waals surface area contributed by atoms with E-state index in [9.17, 15) is 9.59 Å². The van der Waals surface area contributed by atoms with Gasteiger partial charge in [-0.3, -0.25) is 4.79 Å². The molecule has 4 aromatic rings. The molecule has 2 aromatic carbocycles. The fraction of sp³-hybridized carbons (Fsp3) is 0.217. The van der Waals surface area contributed by atoms with Crippen LogP contribution in [0.4, 0.5) is 10.5 Å². The Morgan fingerprint density at radius 2 is 1.81 bits per heavy atom. The van der Waals surface area contributed by atoms with Gasteiger partial charge in [-0.1, -0.05) is 36.2 Å². The summed E-state index contributed by atoms with van der Waals surface area (Å²) in [7, 11) is 0. The average molecular weight is 434 g/mol. The lowest BCUT2D eigenvalue weighted by molar-refractivity contribution is 0.253. The number of anilines is 1. The number of fused-ring (bicyclic) bond motifs is 2. The highest BCUT2D eigenvalue weighted by Gasteiger charge is 2.22. The van der Waals surface area contributed by atoms with Crippen molar-refractivity contribution in [2.45, 2.75) is 32.2 Å². The smallest absolute Gasteiger partial charge is 0.311 e. The van der Waals surface area contributed by atoms with Crippen molar-refractivity contribution in [2.75, 3.05) is 5.32 Å². The number of nitrogens with one attached hydrogen (secondary N) is 1. The average Bonchev–Trinajstić information content (AvgIpc) is 3.02. The Hall–Kier alpha value is -3.45. The number of pyridine rings is 1. The standard InChI is InChI=1S/C23H20ClN5O2/c24-16-9-11-17(12-10-16)25-23(31)29-19-7-4-3-6-15(19)14-18(22(29)30)21-27-26-20-8-2-1-5-13-28(20)21/h3-4,6-7,9-12,14H,1-2,5,8,13H2,(H,25,31). The molecule has 1 aliphatic rings. The topological polar surface area (TPSA) is 81.8 Å². The monoisotopic (exact) mass is 433 g/mol. The molecule has 0 fully saturated rings. The van der Waals surface area contributed by atoms with Crippen LogP contribution in [0.1, 0.15) is 25.1 Å². The summed E-state index contributed by atoms with van der Waals surface area (Å²) >= 11 is 5.93. The van der Waals surface area contributed by atoms with Crippen LogP contribution in [0.3, 0.4) is 0 Å². The van der Waals surface area contributed by atoms with Gasteiger partial charge < -0.3 is 9.88 Å². The molecule has 1 aliphatic heterocycles. The molecule has 0 spiro atoms. The molecule has 0 saturated carbocycles. The van der Waals surface area contributed by atoms with Crippen LogP contribution in [-0.4, -0.2) is 25.4 Å². The Labute approximate surface area is 183 Å². The Morgan fingerprint density at radius 1 is 1.00 bits per heavy atom. The maximum atomic E-state index is 13.5. The van der Waals surface area contributed by atoms with E-state index in [1.807, 2.05) is 16.7 Å². The highest BCUT2D eigenvalue weighted by Crippen LogP contribution is 2.24. The number of nitrogens with zero attached hydrogens (tertiary/aromatic N) is 4. The van der Waals surface area contributed by atoms with E-state index in [1.165, 1.54) is 0 Å². The fourth-order valence-corrected chi connectivity index (χ4v) is 4.14. The minimum atomic E-state index is -0.541. The minimum absolute atomic E-state index is 0.366. The van der Waals surface area contributed by atoms with Crippen LogP contribution in [0, 0.1) is 0 Å². The second kappa shape index (κ2) is 8.00. The number of carbonyl (C=O) groups is 1. The minimum Gasteiger partial charge on any atom is -0.311 e. The zero-order valence-electron chi connectivity index (χ0n) is 16.7. The number of rotatable bonds is 2. The molecule has 1 N–H and O–H groups in total. The molecule has 8 heteroatoms. The van der Waals surface area contributed by atoms with Gasteiger partial charge in [0.05, 0.1) is 11.1 Å². The van der Waals surface area contributed by atoms with Gasteiger partial charge in [-0.05, 0) is 54.6 Å². The number of para-hydroxylation sites is 1. The van der Waals surface area contributed by atoms with E-state index in [1.54, 1.807) is 42.5 Å². The second-order valence-electron chi connectivity index (χ2n) is 7.60. The number of hydrogen-bond donors (Lipinski definition) is 1. The Morgan fingerprint density at radius 3 is 2.65 bits per heavy atom. The quantitative estimate of drug-likeness (QED) is 0.496. The molecule has 0 unspecified atom stereocenters. The predicted molar refractivity (Wildman–Crippen MR) is 121 cm³/mol. The van der Waals surface area contributed by atoms with Crippen molar-refractivity contribution in [2.24, 2.45) is 0 Å². The highest BCUT2D eigenvalue weighted by molar-refractivity contribution is 6.30. The SMILES string of the molecule is O=C(Nc1ccc(Cl)cc1)n1c(=O)c(-c2nnc3n2CCCCC3)cc2ccccc21. The molecule has 2 aromatic heterocycles. The zero-order chi connectivity index (χ0) is 21.4. The molecule has 31 heavy (non-hydrogen) atoms. The summed E-state index contributed by atoms with van der Waals surface area (Å²) in [6.45, 7) is 0.765. The summed E-state index contributed by atoms with van der Waals surface area (Å²) in [6, 6.07) is 15.3. The number of hydrogen-bond acceptors (Lipinski definition) is 4. The van der Waals surface area contributed by atoms with Gasteiger partial charge in [0.15, 0.2) is 5.82 Å². The lowest BCUT2D eigenvalue weighted by Gasteiger charge is -2.13. The Bertz CT molecular complexity index is 1340. The van der Waals surface area contributed by atoms with Crippen LogP contribution in [0.25, 0.3) is 22.3 Å². The molecule has 0 bridgehead atoms. The molecule has 0 aliphatic carbocycles. The predicted octanol–water partition coefficient (Wildman–Crippen LogP) is 4.72. The van der Waals surface area contributed by atoms with Gasteiger partial charge in [-0.15, -0.1) is 10.2 Å². The van der Waals surface area contributed by atoms with E-state index in [2.05, 4.69) is 15.5 Å². The number of carbonyl (C=O) groups excluding carboxylic acids is 1. The summed E-state index contributed by atoms with van der Waals surface area (Å²) < 4.78 is 3.18. The van der Waals surface area contributed by atoms with E-state index in [-0.39, 0.29) is 0 Å². The number of halogens is 1. The lowest BCUT2D eigenvalue weighted by Crippen LogP contribution is -2.32. The van der Waals surface area contributed by atoms with Crippen molar-refractivity contribution in [3.63, 3.8) is 0 Å². The Kier molecular flexibility index (Phi) is 5.03. The van der Waals surface area contributed by atoms with E-state index < -0.39 is 11.6 Å². The molecule has 3 heterocycles. The molecule has 7 nitrogen and oxygen atoms in total. The van der Waals surface area contributed by atoms with E-state index in [4.69, 9.17) is 11.6 Å². The summed E-state index contributed by atoms with van der Waals surface area (Å²) in [5.41, 5.74) is 1.01. The van der Waals surface area contributed by atoms with Crippen LogP contribution < -0.4 is 10.9 Å². The van der Waals surface area contributed by atoms with Crippen molar-refractivity contribution >= 4 is 34.2 Å². The van der Waals surface area contributed by atoms with E-state index in [0.29, 0.717) is 27.6 Å². The van der Waals surface area contributed by atoms with Crippen molar-refractivity contribution in [1.82, 2.24) is 19.3 Å². The largest absolute Gasteiger partial charge is 0.333 e. The Balaban J connectivity index is 1.66. The van der Waals surface area contributed by atoms with Crippen LogP contribution in [0.5, 0.6) is 0 Å². The van der Waals surface area contributed by atoms with Crippen LogP contribution in [-0.2, 0) is 13.0 Å². The highest BCUT2D eigenvalue weighted by atomic mass is 35.5. The first-order valence-corrected chi connectivity index (χ1v) is 10.6. The zero-order valence-corrected chi connectivity index (χ0v) is 17.5. The van der Waals surface area contributed by atoms with Gasteiger partial charge >= 0.3 is 6.03 Å². The van der Waals surface area contributed by atoms with E-state index >= 15 is 0 Å². The summed E-state index contributed by atoms with van der Waals surface area (Å²) in [6.07, 6.45) is 4.03. The number of aromatic nitrogens is 4. The summed E-state index contributed by atoms with van der Waals surface area (Å²) in [5, 5.41) is 12.8. The van der Waals surface area contributed by atoms with Gasteiger partial charge in [-0.2, -0.15) is 0 Å². The van der Waals surface area contributed by atoms with Crippen LogP contribution in [0.15, 0.2) is 59.4 Å². The van der Waals surface area contributed by atoms with Gasteiger partial charge in [0.2, 0.25) is 0 Å². The van der Waals surface area contributed by atoms with Gasteiger partial charge in [0.1, 0.15) is 5.82 Å². The molecule has 156 valence electrons. The number of aryl methyl sites for hydroxylation is 1. The number of amides is 1. The first kappa shape index (κ1) is 19.5. The second-order valence-corrected chi connectivity index (χ2v) is 8.03. The fourth-order valence-electron chi connectivity index (χ4n) is 4.02. The van der Waals surface area contributed by atoms with E-state index in [0.717, 1.165) is 48.0 Å². The molecule has 1 amide bonds. The molecule has 0 atom stereocenters. The third-order valence-corrected chi connectivity index (χ3v) is 5.81. The molecular formula is C23H20ClN5O2. The molecule has 0 radical (unpaired) electrons. The molecular weight excluding hydrogens is 414 g/mol. The van der Waals surface area contributed by atoms with Gasteiger partial charge in [0, 0.05) is 23.7 Å². The molecule has 5 rings (SSSR count). The molecule has 0 saturated heterocycles. The van der Waals surface area contributed by atoms with Gasteiger partial charge in [0.25, 0.3) is 5.56 Å². The van der Waals surface area contributed by atoms with Crippen LogP contribution >= 0.6 is 11.6 Å². The van der Waals surface area contributed by atoms with Crippen LogP contribution in [0.2, 0.25) is 5.02 Å². The third-order valence-electron chi connectivity index (χ3n) is 5.56. The first-order chi connectivity index (χ1) is 15.1. The van der Waals surface area contributed by atoms with Crippen molar-refractivity contribution in [3.05, 3.63) is 75.8 Å².